The zero-order valence-electron chi connectivity index (χ0n) is 14.3. The van der Waals surface area contributed by atoms with Gasteiger partial charge in [-0.25, -0.2) is 0 Å². The van der Waals surface area contributed by atoms with Gasteiger partial charge in [0.05, 0.1) is 12.2 Å². The van der Waals surface area contributed by atoms with E-state index in [0.717, 1.165) is 5.92 Å². The Morgan fingerprint density at radius 3 is 1.80 bits per heavy atom. The van der Waals surface area contributed by atoms with Crippen molar-refractivity contribution >= 4 is 0 Å². The molecule has 0 bridgehead atoms. The van der Waals surface area contributed by atoms with E-state index < -0.39 is 0 Å². The van der Waals surface area contributed by atoms with Gasteiger partial charge in [0.2, 0.25) is 0 Å². The van der Waals surface area contributed by atoms with Crippen LogP contribution < -0.4 is 0 Å². The Morgan fingerprint density at radius 2 is 1.25 bits per heavy atom. The molecule has 0 radical (unpaired) electrons. The third-order valence-corrected chi connectivity index (χ3v) is 5.00. The molecule has 0 amide bonds. The van der Waals surface area contributed by atoms with E-state index in [2.05, 4.69) is 20.8 Å². The van der Waals surface area contributed by atoms with Crippen LogP contribution in [0.5, 0.6) is 0 Å². The summed E-state index contributed by atoms with van der Waals surface area (Å²) in [5.41, 5.74) is 0. The maximum Gasteiger partial charge on any atom is 0.0844 e. The van der Waals surface area contributed by atoms with Crippen LogP contribution in [0.1, 0.15) is 104 Å². The predicted octanol–water partition coefficient (Wildman–Crippen LogP) is 6.50. The molecular formula is C19H38O. The van der Waals surface area contributed by atoms with Crippen molar-refractivity contribution in [3.05, 3.63) is 0 Å². The largest absolute Gasteiger partial charge is 0.370 e. The molecule has 1 aliphatic heterocycles. The van der Waals surface area contributed by atoms with Crippen molar-refractivity contribution in [2.75, 3.05) is 0 Å². The molecule has 1 nitrogen and oxygen atoms in total. The molecule has 0 spiro atoms. The van der Waals surface area contributed by atoms with Gasteiger partial charge in [0, 0.05) is 0 Å². The van der Waals surface area contributed by atoms with E-state index in [1.54, 1.807) is 0 Å². The molecule has 120 valence electrons. The first-order valence-corrected chi connectivity index (χ1v) is 9.47. The molecule has 2 unspecified atom stereocenters. The van der Waals surface area contributed by atoms with Crippen LogP contribution in [0.25, 0.3) is 0 Å². The summed E-state index contributed by atoms with van der Waals surface area (Å²) in [6.07, 6.45) is 19.4. The van der Waals surface area contributed by atoms with Crippen molar-refractivity contribution in [2.45, 2.75) is 116 Å². The Labute approximate surface area is 127 Å². The monoisotopic (exact) mass is 282 g/mol. The van der Waals surface area contributed by atoms with Gasteiger partial charge in [-0.05, 0) is 18.8 Å². The molecule has 1 heterocycles. The van der Waals surface area contributed by atoms with Crippen molar-refractivity contribution in [3.8, 4) is 0 Å². The van der Waals surface area contributed by atoms with Gasteiger partial charge < -0.3 is 4.74 Å². The van der Waals surface area contributed by atoms with Crippen LogP contribution in [0.3, 0.4) is 0 Å². The second kappa shape index (κ2) is 11.6. The van der Waals surface area contributed by atoms with Gasteiger partial charge >= 0.3 is 0 Å². The summed E-state index contributed by atoms with van der Waals surface area (Å²) in [4.78, 5) is 0. The molecule has 1 rings (SSSR count). The standard InChI is InChI=1S/C19H38O/c1-4-7-8-9-10-11-12-13-14-15-18-19(20-18)16-17(5-2)6-3/h17-19H,4-16H2,1-3H3. The van der Waals surface area contributed by atoms with E-state index in [0.29, 0.717) is 12.2 Å². The zero-order valence-corrected chi connectivity index (χ0v) is 14.3. The predicted molar refractivity (Wildman–Crippen MR) is 89.2 cm³/mol. The summed E-state index contributed by atoms with van der Waals surface area (Å²) < 4.78 is 5.82. The van der Waals surface area contributed by atoms with Gasteiger partial charge in [0.25, 0.3) is 0 Å². The fourth-order valence-electron chi connectivity index (χ4n) is 3.25. The first-order valence-electron chi connectivity index (χ1n) is 9.47. The maximum atomic E-state index is 5.82. The van der Waals surface area contributed by atoms with Gasteiger partial charge in [-0.15, -0.1) is 0 Å². The molecule has 20 heavy (non-hydrogen) atoms. The second-order valence-electron chi connectivity index (χ2n) is 6.75. The Balaban J connectivity index is 1.82. The van der Waals surface area contributed by atoms with Gasteiger partial charge in [0.15, 0.2) is 0 Å². The third kappa shape index (κ3) is 8.29. The van der Waals surface area contributed by atoms with Crippen LogP contribution >= 0.6 is 0 Å². The quantitative estimate of drug-likeness (QED) is 0.261. The highest BCUT2D eigenvalue weighted by molar-refractivity contribution is 4.86. The number of hydrogen-bond acceptors (Lipinski definition) is 1. The van der Waals surface area contributed by atoms with Gasteiger partial charge in [-0.3, -0.25) is 0 Å². The summed E-state index contributed by atoms with van der Waals surface area (Å²) in [6.45, 7) is 6.91. The van der Waals surface area contributed by atoms with Crippen molar-refractivity contribution < 1.29 is 4.74 Å². The van der Waals surface area contributed by atoms with Gasteiger partial charge in [0.1, 0.15) is 0 Å². The van der Waals surface area contributed by atoms with Gasteiger partial charge in [-0.1, -0.05) is 91.4 Å². The Bertz CT molecular complexity index is 210. The molecule has 0 saturated carbocycles. The van der Waals surface area contributed by atoms with Crippen molar-refractivity contribution in [2.24, 2.45) is 5.92 Å². The molecule has 0 aliphatic carbocycles. The number of unbranched alkanes of at least 4 members (excludes halogenated alkanes) is 8. The van der Waals surface area contributed by atoms with E-state index in [-0.39, 0.29) is 0 Å². The number of rotatable bonds is 14. The summed E-state index contributed by atoms with van der Waals surface area (Å²) in [5, 5.41) is 0. The summed E-state index contributed by atoms with van der Waals surface area (Å²) in [7, 11) is 0. The SMILES string of the molecule is CCCCCCCCCCCC1OC1CC(CC)CC. The topological polar surface area (TPSA) is 12.5 Å². The minimum Gasteiger partial charge on any atom is -0.370 e. The highest BCUT2D eigenvalue weighted by atomic mass is 16.6. The molecule has 2 atom stereocenters. The minimum absolute atomic E-state index is 0.619. The highest BCUT2D eigenvalue weighted by Gasteiger charge is 2.38. The van der Waals surface area contributed by atoms with Crippen molar-refractivity contribution in [3.63, 3.8) is 0 Å². The first kappa shape index (κ1) is 18.0. The summed E-state index contributed by atoms with van der Waals surface area (Å²) in [6, 6.07) is 0. The lowest BCUT2D eigenvalue weighted by molar-refractivity contribution is 0.322. The van der Waals surface area contributed by atoms with Crippen LogP contribution in [0.4, 0.5) is 0 Å². The van der Waals surface area contributed by atoms with Crippen LogP contribution in [0.15, 0.2) is 0 Å². The minimum atomic E-state index is 0.619. The van der Waals surface area contributed by atoms with Crippen LogP contribution in [-0.4, -0.2) is 12.2 Å². The number of epoxide rings is 1. The van der Waals surface area contributed by atoms with E-state index in [1.165, 1.54) is 83.5 Å². The molecule has 1 saturated heterocycles. The van der Waals surface area contributed by atoms with E-state index in [1.807, 2.05) is 0 Å². The van der Waals surface area contributed by atoms with E-state index >= 15 is 0 Å². The molecule has 1 heteroatoms. The Morgan fingerprint density at radius 1 is 0.700 bits per heavy atom. The smallest absolute Gasteiger partial charge is 0.0844 e. The van der Waals surface area contributed by atoms with Crippen molar-refractivity contribution in [1.82, 2.24) is 0 Å². The lowest BCUT2D eigenvalue weighted by Gasteiger charge is -2.09. The average molecular weight is 283 g/mol. The fourth-order valence-corrected chi connectivity index (χ4v) is 3.25. The lowest BCUT2D eigenvalue weighted by Crippen LogP contribution is -2.04. The molecule has 1 fully saturated rings. The van der Waals surface area contributed by atoms with Crippen molar-refractivity contribution in [1.29, 1.82) is 0 Å². The van der Waals surface area contributed by atoms with Gasteiger partial charge in [-0.2, -0.15) is 0 Å². The molecule has 0 N–H and O–H groups in total. The Kier molecular flexibility index (Phi) is 10.4. The summed E-state index contributed by atoms with van der Waals surface area (Å²) >= 11 is 0. The molecular weight excluding hydrogens is 244 g/mol. The summed E-state index contributed by atoms with van der Waals surface area (Å²) in [5.74, 6) is 0.896. The first-order chi connectivity index (χ1) is 9.81. The molecule has 0 aromatic carbocycles. The van der Waals surface area contributed by atoms with Crippen LogP contribution in [0.2, 0.25) is 0 Å². The maximum absolute atomic E-state index is 5.82. The number of ether oxygens (including phenoxy) is 1. The highest BCUT2D eigenvalue weighted by Crippen LogP contribution is 2.34. The average Bonchev–Trinajstić information content (AvgIpc) is 3.21. The zero-order chi connectivity index (χ0) is 14.6. The van der Waals surface area contributed by atoms with Crippen LogP contribution in [0, 0.1) is 5.92 Å². The molecule has 1 aliphatic rings. The lowest BCUT2D eigenvalue weighted by atomic mass is 9.95. The van der Waals surface area contributed by atoms with Crippen LogP contribution in [-0.2, 0) is 4.74 Å². The molecule has 0 aromatic heterocycles. The normalized spacial score (nSPS) is 21.6. The third-order valence-electron chi connectivity index (χ3n) is 5.00. The number of hydrogen-bond donors (Lipinski definition) is 0. The van der Waals surface area contributed by atoms with E-state index in [4.69, 9.17) is 4.74 Å². The molecule has 0 aromatic rings. The Hall–Kier alpha value is -0.0400. The van der Waals surface area contributed by atoms with E-state index in [9.17, 15) is 0 Å². The second-order valence-corrected chi connectivity index (χ2v) is 6.75. The fraction of sp³-hybridized carbons (Fsp3) is 1.00.